The quantitative estimate of drug-likeness (QED) is 0.663. The highest BCUT2D eigenvalue weighted by Crippen LogP contribution is 2.16. The fourth-order valence-corrected chi connectivity index (χ4v) is 4.32. The smallest absolute Gasteiger partial charge is 0.244 e. The van der Waals surface area contributed by atoms with E-state index in [1.807, 2.05) is 0 Å². The van der Waals surface area contributed by atoms with Crippen molar-refractivity contribution < 1.29 is 18.0 Å². The second kappa shape index (κ2) is 6.19. The maximum absolute atomic E-state index is 12.3. The Balaban J connectivity index is 1.97. The number of amides is 2. The summed E-state index contributed by atoms with van der Waals surface area (Å²) in [5.74, 6) is -1.15. The van der Waals surface area contributed by atoms with E-state index in [1.54, 1.807) is 0 Å². The summed E-state index contributed by atoms with van der Waals surface area (Å²) in [6, 6.07) is -0.611. The number of piperazine rings is 1. The predicted octanol–water partition coefficient (Wildman–Crippen LogP) is -0.805. The molecular weight excluding hydrogens is 282 g/mol. The van der Waals surface area contributed by atoms with Gasteiger partial charge in [0.2, 0.25) is 21.8 Å². The van der Waals surface area contributed by atoms with Crippen LogP contribution >= 0.6 is 0 Å². The average molecular weight is 303 g/mol. The molecular formula is C12H21N3O4S. The predicted molar refractivity (Wildman–Crippen MR) is 73.4 cm³/mol. The van der Waals surface area contributed by atoms with Crippen LogP contribution in [0.4, 0.5) is 0 Å². The first-order valence-corrected chi connectivity index (χ1v) is 8.57. The number of carbonyl (C=O) groups is 2. The molecule has 2 N–H and O–H groups in total. The molecule has 8 heteroatoms. The van der Waals surface area contributed by atoms with Crippen LogP contribution in [0.5, 0.6) is 0 Å². The van der Waals surface area contributed by atoms with Crippen molar-refractivity contribution >= 4 is 21.8 Å². The van der Waals surface area contributed by atoms with E-state index in [4.69, 9.17) is 0 Å². The Labute approximate surface area is 119 Å². The Bertz CT molecular complexity index is 485. The molecule has 2 unspecified atom stereocenters. The molecule has 2 saturated heterocycles. The summed E-state index contributed by atoms with van der Waals surface area (Å²) < 4.78 is 25.6. The van der Waals surface area contributed by atoms with Crippen LogP contribution in [0.3, 0.4) is 0 Å². The zero-order valence-corrected chi connectivity index (χ0v) is 12.4. The molecule has 7 nitrogen and oxygen atoms in total. The SMILES string of the molecule is CC1C(=O)NC(=O)CN1S(=O)(=O)CCC1CCCCN1. The first-order chi connectivity index (χ1) is 9.40. The number of nitrogens with zero attached hydrogens (tertiary/aromatic N) is 1. The molecule has 20 heavy (non-hydrogen) atoms. The zero-order valence-electron chi connectivity index (χ0n) is 11.6. The van der Waals surface area contributed by atoms with Crippen molar-refractivity contribution in [2.45, 2.75) is 44.7 Å². The van der Waals surface area contributed by atoms with Gasteiger partial charge in [-0.25, -0.2) is 8.42 Å². The summed E-state index contributed by atoms with van der Waals surface area (Å²) in [4.78, 5) is 22.8. The molecule has 0 bridgehead atoms. The van der Waals surface area contributed by atoms with Crippen molar-refractivity contribution in [1.82, 2.24) is 14.9 Å². The van der Waals surface area contributed by atoms with Crippen molar-refractivity contribution in [3.8, 4) is 0 Å². The molecule has 0 spiro atoms. The van der Waals surface area contributed by atoms with E-state index < -0.39 is 27.9 Å². The highest BCUT2D eigenvalue weighted by atomic mass is 32.2. The first-order valence-electron chi connectivity index (χ1n) is 6.97. The fraction of sp³-hybridized carbons (Fsp3) is 0.833. The minimum absolute atomic E-state index is 0.0322. The lowest BCUT2D eigenvalue weighted by molar-refractivity contribution is -0.136. The molecule has 2 atom stereocenters. The topological polar surface area (TPSA) is 95.6 Å². The average Bonchev–Trinajstić information content (AvgIpc) is 2.42. The zero-order chi connectivity index (χ0) is 14.8. The molecule has 2 aliphatic rings. The standard InChI is InChI=1S/C12H21N3O4S/c1-9-12(17)14-11(16)8-15(9)20(18,19)7-5-10-4-2-3-6-13-10/h9-10,13H,2-8H2,1H3,(H,14,16,17). The van der Waals surface area contributed by atoms with E-state index in [0.29, 0.717) is 6.42 Å². The molecule has 0 saturated carbocycles. The lowest BCUT2D eigenvalue weighted by atomic mass is 10.0. The third-order valence-electron chi connectivity index (χ3n) is 3.87. The Morgan fingerprint density at radius 2 is 2.05 bits per heavy atom. The summed E-state index contributed by atoms with van der Waals surface area (Å²) in [6.45, 7) is 2.15. The highest BCUT2D eigenvalue weighted by molar-refractivity contribution is 7.89. The van der Waals surface area contributed by atoms with Crippen LogP contribution in [-0.2, 0) is 19.6 Å². The summed E-state index contributed by atoms with van der Waals surface area (Å²) in [5, 5.41) is 5.43. The monoisotopic (exact) mass is 303 g/mol. The Morgan fingerprint density at radius 3 is 2.70 bits per heavy atom. The summed E-state index contributed by atoms with van der Waals surface area (Å²) in [5.41, 5.74) is 0. The molecule has 2 aliphatic heterocycles. The number of piperidine rings is 1. The van der Waals surface area contributed by atoms with Crippen LogP contribution in [0.2, 0.25) is 0 Å². The van der Waals surface area contributed by atoms with Gasteiger partial charge in [0.1, 0.15) is 6.04 Å². The molecule has 0 radical (unpaired) electrons. The van der Waals surface area contributed by atoms with Crippen molar-refractivity contribution in [1.29, 1.82) is 0 Å². The van der Waals surface area contributed by atoms with Crippen LogP contribution in [0.15, 0.2) is 0 Å². The molecule has 2 fully saturated rings. The Hall–Kier alpha value is -0.990. The van der Waals surface area contributed by atoms with Gasteiger partial charge < -0.3 is 5.32 Å². The van der Waals surface area contributed by atoms with Gasteiger partial charge in [-0.05, 0) is 32.7 Å². The maximum Gasteiger partial charge on any atom is 0.244 e. The number of carbonyl (C=O) groups excluding carboxylic acids is 2. The molecule has 0 aromatic carbocycles. The fourth-order valence-electron chi connectivity index (χ4n) is 2.61. The third kappa shape index (κ3) is 3.56. The van der Waals surface area contributed by atoms with Gasteiger partial charge in [0.15, 0.2) is 0 Å². The van der Waals surface area contributed by atoms with Gasteiger partial charge in [-0.15, -0.1) is 0 Å². The molecule has 0 aliphatic carbocycles. The van der Waals surface area contributed by atoms with Gasteiger partial charge in [-0.1, -0.05) is 6.42 Å². The molecule has 2 rings (SSSR count). The Morgan fingerprint density at radius 1 is 1.30 bits per heavy atom. The van der Waals surface area contributed by atoms with E-state index in [0.717, 1.165) is 30.1 Å². The number of imide groups is 1. The second-order valence-corrected chi connectivity index (χ2v) is 7.43. The largest absolute Gasteiger partial charge is 0.314 e. The van der Waals surface area contributed by atoms with Gasteiger partial charge in [-0.2, -0.15) is 4.31 Å². The van der Waals surface area contributed by atoms with E-state index in [-0.39, 0.29) is 18.3 Å². The Kier molecular flexibility index (Phi) is 4.77. The van der Waals surface area contributed by atoms with Crippen molar-refractivity contribution in [3.05, 3.63) is 0 Å². The number of rotatable bonds is 4. The minimum atomic E-state index is -3.59. The second-order valence-electron chi connectivity index (χ2n) is 5.39. The van der Waals surface area contributed by atoms with E-state index >= 15 is 0 Å². The lowest BCUT2D eigenvalue weighted by Crippen LogP contribution is -2.59. The summed E-state index contributed by atoms with van der Waals surface area (Å²) in [6.07, 6.45) is 3.73. The van der Waals surface area contributed by atoms with Gasteiger partial charge in [-0.3, -0.25) is 14.9 Å². The molecule has 2 heterocycles. The van der Waals surface area contributed by atoms with Crippen LogP contribution in [0.1, 0.15) is 32.6 Å². The van der Waals surface area contributed by atoms with Gasteiger partial charge in [0.05, 0.1) is 12.3 Å². The number of nitrogens with one attached hydrogen (secondary N) is 2. The molecule has 2 amide bonds. The normalized spacial score (nSPS) is 29.2. The molecule has 0 aromatic rings. The third-order valence-corrected chi connectivity index (χ3v) is 5.78. The first kappa shape index (κ1) is 15.4. The minimum Gasteiger partial charge on any atom is -0.314 e. The van der Waals surface area contributed by atoms with Crippen molar-refractivity contribution in [2.24, 2.45) is 0 Å². The van der Waals surface area contributed by atoms with Crippen LogP contribution in [0, 0.1) is 0 Å². The van der Waals surface area contributed by atoms with Crippen LogP contribution in [0.25, 0.3) is 0 Å². The lowest BCUT2D eigenvalue weighted by Gasteiger charge is -2.31. The van der Waals surface area contributed by atoms with E-state index in [2.05, 4.69) is 10.6 Å². The van der Waals surface area contributed by atoms with E-state index in [9.17, 15) is 18.0 Å². The number of hydrogen-bond donors (Lipinski definition) is 2. The molecule has 114 valence electrons. The van der Waals surface area contributed by atoms with Gasteiger partial charge >= 0.3 is 0 Å². The van der Waals surface area contributed by atoms with Gasteiger partial charge in [0.25, 0.3) is 0 Å². The van der Waals surface area contributed by atoms with Crippen LogP contribution < -0.4 is 10.6 Å². The molecule has 0 aromatic heterocycles. The number of sulfonamides is 1. The van der Waals surface area contributed by atoms with Crippen molar-refractivity contribution in [3.63, 3.8) is 0 Å². The highest BCUT2D eigenvalue weighted by Gasteiger charge is 2.38. The number of hydrogen-bond acceptors (Lipinski definition) is 5. The van der Waals surface area contributed by atoms with E-state index in [1.165, 1.54) is 6.92 Å². The summed E-state index contributed by atoms with van der Waals surface area (Å²) in [7, 11) is -3.59. The van der Waals surface area contributed by atoms with Crippen molar-refractivity contribution in [2.75, 3.05) is 18.8 Å². The summed E-state index contributed by atoms with van der Waals surface area (Å²) >= 11 is 0. The van der Waals surface area contributed by atoms with Gasteiger partial charge in [0, 0.05) is 6.04 Å². The van der Waals surface area contributed by atoms with Crippen LogP contribution in [-0.4, -0.2) is 55.5 Å². The maximum atomic E-state index is 12.3.